The smallest absolute Gasteiger partial charge is 0.147 e. The Bertz CT molecular complexity index is 438. The Morgan fingerprint density at radius 3 is 2.60 bits per heavy atom. The van der Waals surface area contributed by atoms with Gasteiger partial charge >= 0.3 is 0 Å². The molecule has 1 aliphatic carbocycles. The van der Waals surface area contributed by atoms with Gasteiger partial charge < -0.3 is 5.32 Å². The summed E-state index contributed by atoms with van der Waals surface area (Å²) < 4.78 is 0. The van der Waals surface area contributed by atoms with E-state index in [4.69, 9.17) is 0 Å². The number of hydrogen-bond acceptors (Lipinski definition) is 4. The Morgan fingerprint density at radius 2 is 1.95 bits per heavy atom. The lowest BCUT2D eigenvalue weighted by Gasteiger charge is -2.44. The maximum absolute atomic E-state index is 4.58. The number of rotatable bonds is 5. The molecule has 1 aliphatic rings. The average molecular weight is 276 g/mol. The van der Waals surface area contributed by atoms with Gasteiger partial charge in [-0.3, -0.25) is 9.88 Å². The summed E-state index contributed by atoms with van der Waals surface area (Å²) in [6.45, 7) is 8.32. The molecule has 0 bridgehead atoms. The van der Waals surface area contributed by atoms with Gasteiger partial charge in [0.1, 0.15) is 5.82 Å². The molecule has 0 spiro atoms. The topological polar surface area (TPSA) is 41.0 Å². The quantitative estimate of drug-likeness (QED) is 0.897. The van der Waals surface area contributed by atoms with Crippen molar-refractivity contribution in [3.05, 3.63) is 17.6 Å². The van der Waals surface area contributed by atoms with Crippen LogP contribution in [0.1, 0.15) is 50.4 Å². The highest BCUT2D eigenvalue weighted by Crippen LogP contribution is 2.33. The molecule has 1 saturated carbocycles. The van der Waals surface area contributed by atoms with Gasteiger partial charge in [-0.2, -0.15) is 0 Å². The minimum absolute atomic E-state index is 0.283. The van der Waals surface area contributed by atoms with Crippen molar-refractivity contribution in [3.8, 4) is 0 Å². The summed E-state index contributed by atoms with van der Waals surface area (Å²) in [6, 6.07) is 0. The van der Waals surface area contributed by atoms with E-state index in [2.05, 4.69) is 34.2 Å². The molecule has 0 aliphatic heterocycles. The highest BCUT2D eigenvalue weighted by atomic mass is 15.2. The number of aromatic nitrogens is 2. The Hall–Kier alpha value is -1.16. The Kier molecular flexibility index (Phi) is 4.97. The predicted octanol–water partition coefficient (Wildman–Crippen LogP) is 3.16. The average Bonchev–Trinajstić information content (AvgIpc) is 2.48. The van der Waals surface area contributed by atoms with E-state index in [1.54, 1.807) is 0 Å². The third-order valence-electron chi connectivity index (χ3n) is 4.73. The van der Waals surface area contributed by atoms with Gasteiger partial charge in [0.2, 0.25) is 0 Å². The van der Waals surface area contributed by atoms with Crippen LogP contribution in [0.3, 0.4) is 0 Å². The monoisotopic (exact) mass is 276 g/mol. The molecule has 2 rings (SSSR count). The van der Waals surface area contributed by atoms with Gasteiger partial charge in [0.25, 0.3) is 0 Å². The molecule has 0 radical (unpaired) electrons. The van der Waals surface area contributed by atoms with Crippen molar-refractivity contribution < 1.29 is 0 Å². The van der Waals surface area contributed by atoms with E-state index >= 15 is 0 Å². The zero-order chi connectivity index (χ0) is 14.6. The summed E-state index contributed by atoms with van der Waals surface area (Å²) in [5.41, 5.74) is 2.24. The maximum atomic E-state index is 4.58. The van der Waals surface area contributed by atoms with Crippen LogP contribution in [0.25, 0.3) is 0 Å². The number of aryl methyl sites for hydroxylation is 2. The van der Waals surface area contributed by atoms with Crippen LogP contribution in [0, 0.1) is 13.8 Å². The summed E-state index contributed by atoms with van der Waals surface area (Å²) in [4.78, 5) is 11.5. The van der Waals surface area contributed by atoms with E-state index in [0.29, 0.717) is 0 Å². The van der Waals surface area contributed by atoms with Crippen molar-refractivity contribution in [3.63, 3.8) is 0 Å². The lowest BCUT2D eigenvalue weighted by atomic mass is 9.80. The fourth-order valence-corrected chi connectivity index (χ4v) is 3.19. The van der Waals surface area contributed by atoms with Crippen LogP contribution in [-0.2, 0) is 0 Å². The highest BCUT2D eigenvalue weighted by Gasteiger charge is 2.35. The first-order valence-electron chi connectivity index (χ1n) is 7.83. The lowest BCUT2D eigenvalue weighted by Crippen LogP contribution is -2.52. The van der Waals surface area contributed by atoms with Crippen LogP contribution in [0.4, 0.5) is 5.82 Å². The zero-order valence-electron chi connectivity index (χ0n) is 13.4. The Balaban J connectivity index is 2.10. The molecule has 0 unspecified atom stereocenters. The Morgan fingerprint density at radius 1 is 1.25 bits per heavy atom. The van der Waals surface area contributed by atoms with Crippen LogP contribution in [0.15, 0.2) is 6.20 Å². The third kappa shape index (κ3) is 3.29. The second-order valence-corrected chi connectivity index (χ2v) is 6.10. The molecule has 0 amide bonds. The molecule has 4 nitrogen and oxygen atoms in total. The van der Waals surface area contributed by atoms with Crippen LogP contribution in [0.5, 0.6) is 0 Å². The summed E-state index contributed by atoms with van der Waals surface area (Å²) in [5, 5.41) is 3.56. The summed E-state index contributed by atoms with van der Waals surface area (Å²) in [6.07, 6.45) is 8.44. The molecule has 0 saturated heterocycles. The predicted molar refractivity (Wildman–Crippen MR) is 84.1 cm³/mol. The standard InChI is InChI=1S/C16H28N4/c1-5-20(4)16(9-7-6-8-10-16)12-18-15-14(3)17-11-13(2)19-15/h11H,5-10,12H2,1-4H3,(H,18,19). The first-order chi connectivity index (χ1) is 9.57. The minimum atomic E-state index is 0.283. The minimum Gasteiger partial charge on any atom is -0.367 e. The maximum Gasteiger partial charge on any atom is 0.147 e. The second-order valence-electron chi connectivity index (χ2n) is 6.10. The van der Waals surface area contributed by atoms with Crippen LogP contribution in [0.2, 0.25) is 0 Å². The van der Waals surface area contributed by atoms with Crippen molar-refractivity contribution in [1.29, 1.82) is 0 Å². The summed E-state index contributed by atoms with van der Waals surface area (Å²) in [7, 11) is 2.25. The zero-order valence-corrected chi connectivity index (χ0v) is 13.4. The summed E-state index contributed by atoms with van der Waals surface area (Å²) in [5.74, 6) is 0.944. The molecule has 20 heavy (non-hydrogen) atoms. The molecule has 4 heteroatoms. The van der Waals surface area contributed by atoms with Crippen molar-refractivity contribution >= 4 is 5.82 Å². The van der Waals surface area contributed by atoms with Crippen molar-refractivity contribution in [2.75, 3.05) is 25.5 Å². The van der Waals surface area contributed by atoms with Crippen molar-refractivity contribution in [2.24, 2.45) is 0 Å². The Labute approximate surface area is 123 Å². The molecule has 112 valence electrons. The van der Waals surface area contributed by atoms with E-state index in [1.165, 1.54) is 32.1 Å². The largest absolute Gasteiger partial charge is 0.367 e. The molecule has 0 aromatic carbocycles. The highest BCUT2D eigenvalue weighted by molar-refractivity contribution is 5.40. The normalized spacial score (nSPS) is 18.2. The molecule has 0 atom stereocenters. The van der Waals surface area contributed by atoms with Crippen LogP contribution < -0.4 is 5.32 Å². The van der Waals surface area contributed by atoms with Gasteiger partial charge in [0.05, 0.1) is 11.4 Å². The first kappa shape index (κ1) is 15.2. The van der Waals surface area contributed by atoms with E-state index in [0.717, 1.165) is 30.3 Å². The fourth-order valence-electron chi connectivity index (χ4n) is 3.19. The van der Waals surface area contributed by atoms with Gasteiger partial charge in [-0.15, -0.1) is 0 Å². The molecule has 1 heterocycles. The number of nitrogens with zero attached hydrogens (tertiary/aromatic N) is 3. The van der Waals surface area contributed by atoms with E-state index in [-0.39, 0.29) is 5.54 Å². The first-order valence-corrected chi connectivity index (χ1v) is 7.83. The SMILES string of the molecule is CCN(C)C1(CNc2nc(C)cnc2C)CCCCC1. The van der Waals surface area contributed by atoms with E-state index in [9.17, 15) is 0 Å². The van der Waals surface area contributed by atoms with Crippen molar-refractivity contribution in [1.82, 2.24) is 14.9 Å². The number of anilines is 1. The van der Waals surface area contributed by atoms with E-state index in [1.807, 2.05) is 20.0 Å². The van der Waals surface area contributed by atoms with Gasteiger partial charge in [-0.1, -0.05) is 26.2 Å². The molecule has 1 aromatic rings. The molecule has 1 fully saturated rings. The summed E-state index contributed by atoms with van der Waals surface area (Å²) >= 11 is 0. The fraction of sp³-hybridized carbons (Fsp3) is 0.750. The van der Waals surface area contributed by atoms with Gasteiger partial charge in [-0.05, 0) is 40.3 Å². The van der Waals surface area contributed by atoms with Crippen LogP contribution in [-0.4, -0.2) is 40.5 Å². The molecule has 1 N–H and O–H groups in total. The van der Waals surface area contributed by atoms with Crippen molar-refractivity contribution in [2.45, 2.75) is 58.4 Å². The third-order valence-corrected chi connectivity index (χ3v) is 4.73. The number of likely N-dealkylation sites (N-methyl/N-ethyl adjacent to an activating group) is 1. The number of nitrogens with one attached hydrogen (secondary N) is 1. The van der Waals surface area contributed by atoms with Gasteiger partial charge in [-0.25, -0.2) is 4.98 Å². The van der Waals surface area contributed by atoms with E-state index < -0.39 is 0 Å². The molecular weight excluding hydrogens is 248 g/mol. The van der Waals surface area contributed by atoms with Gasteiger partial charge in [0, 0.05) is 18.3 Å². The van der Waals surface area contributed by atoms with Gasteiger partial charge in [0.15, 0.2) is 0 Å². The number of hydrogen-bond donors (Lipinski definition) is 1. The lowest BCUT2D eigenvalue weighted by molar-refractivity contribution is 0.0922. The second kappa shape index (κ2) is 6.53. The molecule has 1 aromatic heterocycles. The molecular formula is C16H28N4. The van der Waals surface area contributed by atoms with Crippen LogP contribution >= 0.6 is 0 Å².